The normalized spacial score (nSPS) is 12.8. The SMILES string of the molecule is CCOC(=O)Oc1ccc(C[C@](NC(C)CC)(OC(=O)OCC(C)C)C(=O)O)cc1OC(=O)OCC.Cl. The summed E-state index contributed by atoms with van der Waals surface area (Å²) >= 11 is 0. The third-order valence-corrected chi connectivity index (χ3v) is 4.60. The Morgan fingerprint density at radius 1 is 0.892 bits per heavy atom. The molecule has 0 amide bonds. The summed E-state index contributed by atoms with van der Waals surface area (Å²) in [5.74, 6) is -1.86. The minimum absolute atomic E-state index is 0. The second-order valence-corrected chi connectivity index (χ2v) is 8.17. The average molecular weight is 550 g/mol. The quantitative estimate of drug-likeness (QED) is 0.151. The Morgan fingerprint density at radius 2 is 1.46 bits per heavy atom. The van der Waals surface area contributed by atoms with Gasteiger partial charge in [-0.25, -0.2) is 19.2 Å². The number of hydrogen-bond acceptors (Lipinski definition) is 11. The molecule has 13 heteroatoms. The molecule has 0 bridgehead atoms. The van der Waals surface area contributed by atoms with Crippen LogP contribution in [-0.2, 0) is 30.2 Å². The van der Waals surface area contributed by atoms with E-state index >= 15 is 0 Å². The van der Waals surface area contributed by atoms with Crippen LogP contribution in [0.3, 0.4) is 0 Å². The molecule has 12 nitrogen and oxygen atoms in total. The van der Waals surface area contributed by atoms with Gasteiger partial charge in [0.2, 0.25) is 0 Å². The summed E-state index contributed by atoms with van der Waals surface area (Å²) in [4.78, 5) is 48.5. The van der Waals surface area contributed by atoms with Crippen LogP contribution in [0.15, 0.2) is 18.2 Å². The number of nitrogens with one attached hydrogen (secondary N) is 1. The van der Waals surface area contributed by atoms with E-state index in [1.807, 2.05) is 20.8 Å². The molecular weight excluding hydrogens is 514 g/mol. The third kappa shape index (κ3) is 11.6. The van der Waals surface area contributed by atoms with Crippen LogP contribution in [0, 0.1) is 5.92 Å². The molecule has 1 aromatic carbocycles. The predicted octanol–water partition coefficient (Wildman–Crippen LogP) is 4.70. The monoisotopic (exact) mass is 549 g/mol. The van der Waals surface area contributed by atoms with Crippen LogP contribution < -0.4 is 14.8 Å². The summed E-state index contributed by atoms with van der Waals surface area (Å²) in [6.45, 7) is 10.5. The van der Waals surface area contributed by atoms with Gasteiger partial charge in [-0.2, -0.15) is 0 Å². The van der Waals surface area contributed by atoms with Crippen LogP contribution in [0.2, 0.25) is 0 Å². The van der Waals surface area contributed by atoms with Crippen molar-refractivity contribution in [2.24, 2.45) is 5.92 Å². The van der Waals surface area contributed by atoms with Crippen molar-refractivity contribution >= 4 is 36.8 Å². The first-order valence-electron chi connectivity index (χ1n) is 11.6. The molecule has 0 aromatic heterocycles. The number of carbonyl (C=O) groups is 4. The highest BCUT2D eigenvalue weighted by Crippen LogP contribution is 2.31. The highest BCUT2D eigenvalue weighted by molar-refractivity contribution is 5.85. The lowest BCUT2D eigenvalue weighted by Crippen LogP contribution is -2.59. The molecule has 2 atom stereocenters. The minimum Gasteiger partial charge on any atom is -0.477 e. The van der Waals surface area contributed by atoms with Crippen molar-refractivity contribution < 1.29 is 52.7 Å². The van der Waals surface area contributed by atoms with Gasteiger partial charge >= 0.3 is 24.4 Å². The summed E-state index contributed by atoms with van der Waals surface area (Å²) in [6.07, 6.45) is -3.12. The number of carboxylic acid groups (broad SMARTS) is 1. The number of ether oxygens (including phenoxy) is 6. The van der Waals surface area contributed by atoms with Crippen LogP contribution in [0.1, 0.15) is 53.5 Å². The second-order valence-electron chi connectivity index (χ2n) is 8.17. The minimum atomic E-state index is -2.21. The fraction of sp³-hybridized carbons (Fsp3) is 0.583. The molecule has 0 heterocycles. The van der Waals surface area contributed by atoms with Crippen molar-refractivity contribution in [1.29, 1.82) is 0 Å². The highest BCUT2D eigenvalue weighted by Gasteiger charge is 2.44. The Bertz CT molecular complexity index is 909. The summed E-state index contributed by atoms with van der Waals surface area (Å²) < 4.78 is 30.1. The van der Waals surface area contributed by atoms with Crippen LogP contribution in [0.4, 0.5) is 14.4 Å². The largest absolute Gasteiger partial charge is 0.513 e. The van der Waals surface area contributed by atoms with Gasteiger partial charge in [0.1, 0.15) is 0 Å². The Hall–Kier alpha value is -3.25. The molecule has 0 spiro atoms. The molecule has 1 aromatic rings. The number of halogens is 1. The van der Waals surface area contributed by atoms with Gasteiger partial charge in [-0.05, 0) is 50.8 Å². The number of rotatable bonds is 13. The zero-order valence-electron chi connectivity index (χ0n) is 21.9. The lowest BCUT2D eigenvalue weighted by Gasteiger charge is -2.32. The fourth-order valence-corrected chi connectivity index (χ4v) is 2.79. The van der Waals surface area contributed by atoms with Gasteiger partial charge in [0.15, 0.2) is 11.5 Å². The first-order valence-corrected chi connectivity index (χ1v) is 11.6. The van der Waals surface area contributed by atoms with E-state index in [0.29, 0.717) is 6.42 Å². The van der Waals surface area contributed by atoms with E-state index in [4.69, 9.17) is 28.4 Å². The predicted molar refractivity (Wildman–Crippen MR) is 133 cm³/mol. The number of carbonyl (C=O) groups excluding carboxylic acids is 3. The average Bonchev–Trinajstić information content (AvgIpc) is 2.79. The van der Waals surface area contributed by atoms with Crippen molar-refractivity contribution in [1.82, 2.24) is 5.32 Å². The molecule has 1 rings (SSSR count). The molecule has 0 saturated carbocycles. The molecule has 0 saturated heterocycles. The summed E-state index contributed by atoms with van der Waals surface area (Å²) in [7, 11) is 0. The van der Waals surface area contributed by atoms with Gasteiger partial charge in [-0.15, -0.1) is 12.4 Å². The Balaban J connectivity index is 0.0000130. The van der Waals surface area contributed by atoms with E-state index < -0.39 is 30.2 Å². The van der Waals surface area contributed by atoms with Gasteiger partial charge in [0.25, 0.3) is 5.72 Å². The first kappa shape index (κ1) is 33.8. The molecule has 0 aliphatic heterocycles. The van der Waals surface area contributed by atoms with Gasteiger partial charge in [-0.1, -0.05) is 26.8 Å². The van der Waals surface area contributed by atoms with Crippen LogP contribution in [-0.4, -0.2) is 61.1 Å². The number of benzene rings is 1. The molecule has 2 N–H and O–H groups in total. The molecule has 0 radical (unpaired) electrons. The van der Waals surface area contributed by atoms with Crippen LogP contribution in [0.5, 0.6) is 11.5 Å². The van der Waals surface area contributed by atoms with Crippen molar-refractivity contribution in [3.8, 4) is 11.5 Å². The maximum atomic E-state index is 12.4. The smallest absolute Gasteiger partial charge is 0.477 e. The number of carboxylic acids is 1. The van der Waals surface area contributed by atoms with Gasteiger partial charge in [0, 0.05) is 12.5 Å². The fourth-order valence-electron chi connectivity index (χ4n) is 2.79. The van der Waals surface area contributed by atoms with E-state index in [1.54, 1.807) is 20.8 Å². The zero-order chi connectivity index (χ0) is 27.3. The first-order chi connectivity index (χ1) is 17.0. The maximum absolute atomic E-state index is 12.4. The van der Waals surface area contributed by atoms with E-state index in [2.05, 4.69) is 5.32 Å². The van der Waals surface area contributed by atoms with E-state index in [1.165, 1.54) is 18.2 Å². The topological polar surface area (TPSA) is 156 Å². The third-order valence-electron chi connectivity index (χ3n) is 4.60. The van der Waals surface area contributed by atoms with Gasteiger partial charge in [-0.3, -0.25) is 5.32 Å². The molecule has 1 unspecified atom stereocenters. The van der Waals surface area contributed by atoms with Crippen LogP contribution >= 0.6 is 12.4 Å². The highest BCUT2D eigenvalue weighted by atomic mass is 35.5. The molecule has 37 heavy (non-hydrogen) atoms. The van der Waals surface area contributed by atoms with Gasteiger partial charge < -0.3 is 33.5 Å². The van der Waals surface area contributed by atoms with E-state index in [-0.39, 0.29) is 67.7 Å². The standard InChI is InChI=1S/C24H35NO11.ClH/c1-7-16(6)25-24(20(26)27,36-23(30)33-14-15(4)5)13-17-10-11-18(34-21(28)31-8-2)19(12-17)35-22(29)32-9-3;/h10-12,15-16,25H,7-9,13-14H2,1-6H3,(H,26,27);1H/t16?,24-;/m0./s1. The summed E-state index contributed by atoms with van der Waals surface area (Å²) in [5.41, 5.74) is -1.95. The molecule has 210 valence electrons. The van der Waals surface area contributed by atoms with Crippen molar-refractivity contribution in [3.05, 3.63) is 23.8 Å². The van der Waals surface area contributed by atoms with Crippen LogP contribution in [0.25, 0.3) is 0 Å². The van der Waals surface area contributed by atoms with E-state index in [0.717, 1.165) is 0 Å². The lowest BCUT2D eigenvalue weighted by atomic mass is 10.00. The lowest BCUT2D eigenvalue weighted by molar-refractivity contribution is -0.167. The molecule has 0 fully saturated rings. The zero-order valence-corrected chi connectivity index (χ0v) is 22.7. The summed E-state index contributed by atoms with van der Waals surface area (Å²) in [6, 6.07) is 3.62. The number of aliphatic carboxylic acids is 1. The Labute approximate surface area is 222 Å². The summed E-state index contributed by atoms with van der Waals surface area (Å²) in [5, 5.41) is 12.9. The van der Waals surface area contributed by atoms with Crippen molar-refractivity contribution in [2.45, 2.75) is 66.2 Å². The van der Waals surface area contributed by atoms with Crippen molar-refractivity contribution in [3.63, 3.8) is 0 Å². The maximum Gasteiger partial charge on any atom is 0.513 e. The van der Waals surface area contributed by atoms with Gasteiger partial charge in [0.05, 0.1) is 19.8 Å². The second kappa shape index (κ2) is 16.5. The molecule has 0 aliphatic carbocycles. The number of hydrogen-bond donors (Lipinski definition) is 2. The molecular formula is C24H36ClNO11. The molecule has 0 aliphatic rings. The van der Waals surface area contributed by atoms with Crippen molar-refractivity contribution in [2.75, 3.05) is 19.8 Å². The Kier molecular flexibility index (Phi) is 15.0. The van der Waals surface area contributed by atoms with E-state index in [9.17, 15) is 24.3 Å². The Morgan fingerprint density at radius 3 is 1.95 bits per heavy atom.